The lowest BCUT2D eigenvalue weighted by Gasteiger charge is -2.48. The largest absolute Gasteiger partial charge is 0.490 e. The summed E-state index contributed by atoms with van der Waals surface area (Å²) in [6.45, 7) is 4.93. The second kappa shape index (κ2) is 11.6. The van der Waals surface area contributed by atoms with Gasteiger partial charge in [0.2, 0.25) is 0 Å². The van der Waals surface area contributed by atoms with E-state index in [1.807, 2.05) is 17.0 Å². The maximum absolute atomic E-state index is 12.5. The highest BCUT2D eigenvalue weighted by atomic mass is 19.4. The minimum Gasteiger partial charge on any atom is -0.475 e. The van der Waals surface area contributed by atoms with Crippen molar-refractivity contribution in [1.82, 2.24) is 19.4 Å². The molecule has 4 heterocycles. The molecule has 1 amide bonds. The predicted octanol–water partition coefficient (Wildman–Crippen LogP) is 3.03. The SMILES string of the molecule is Cn1cccc1CN1CC2(CCN(C(=O)c3cccnc3)C2)C1.O=C(O)C(F)(F)F.O=C(O)C(F)(F)F. The lowest BCUT2D eigenvalue weighted by molar-refractivity contribution is -0.193. The van der Waals surface area contributed by atoms with Crippen LogP contribution in [0.3, 0.4) is 0 Å². The highest BCUT2D eigenvalue weighted by Gasteiger charge is 2.48. The summed E-state index contributed by atoms with van der Waals surface area (Å²) >= 11 is 0. The monoisotopic (exact) mass is 538 g/mol. The first kappa shape index (κ1) is 29.6. The summed E-state index contributed by atoms with van der Waals surface area (Å²) < 4.78 is 65.7. The van der Waals surface area contributed by atoms with Crippen LogP contribution in [-0.2, 0) is 23.2 Å². The van der Waals surface area contributed by atoms with Crippen LogP contribution in [0.4, 0.5) is 26.3 Å². The van der Waals surface area contributed by atoms with Crippen LogP contribution in [0.25, 0.3) is 0 Å². The molecule has 9 nitrogen and oxygen atoms in total. The third-order valence-corrected chi connectivity index (χ3v) is 5.67. The van der Waals surface area contributed by atoms with Crippen molar-refractivity contribution in [2.45, 2.75) is 25.3 Å². The van der Waals surface area contributed by atoms with Crippen LogP contribution in [0.2, 0.25) is 0 Å². The second-order valence-corrected chi connectivity index (χ2v) is 8.58. The molecule has 0 radical (unpaired) electrons. The third-order valence-electron chi connectivity index (χ3n) is 5.67. The topological polar surface area (TPSA) is 116 Å². The van der Waals surface area contributed by atoms with Gasteiger partial charge in [-0.25, -0.2) is 9.59 Å². The Hall–Kier alpha value is -3.62. The lowest BCUT2D eigenvalue weighted by Crippen LogP contribution is -2.57. The summed E-state index contributed by atoms with van der Waals surface area (Å²) in [5.74, 6) is -5.39. The van der Waals surface area contributed by atoms with Gasteiger partial charge < -0.3 is 19.7 Å². The normalized spacial score (nSPS) is 16.7. The van der Waals surface area contributed by atoms with E-state index in [4.69, 9.17) is 19.8 Å². The highest BCUT2D eigenvalue weighted by molar-refractivity contribution is 5.94. The number of carboxylic acid groups (broad SMARTS) is 2. The Balaban J connectivity index is 0.000000286. The number of hydrogen-bond acceptors (Lipinski definition) is 5. The standard InChI is InChI=1S/C18H22N4O.2C2HF3O2/c1-20-8-3-5-16(20)11-21-12-18(13-21)6-9-22(14-18)17(23)15-4-2-7-19-10-15;2*3-2(4,5)1(6)7/h2-5,7-8,10H,6,9,11-14H2,1H3;2*(H,6,7). The van der Waals surface area contributed by atoms with Gasteiger partial charge in [-0.05, 0) is 30.7 Å². The van der Waals surface area contributed by atoms with E-state index in [-0.39, 0.29) is 5.91 Å². The Morgan fingerprint density at radius 3 is 1.97 bits per heavy atom. The number of hydrogen-bond donors (Lipinski definition) is 2. The van der Waals surface area contributed by atoms with E-state index >= 15 is 0 Å². The van der Waals surface area contributed by atoms with Crippen molar-refractivity contribution in [3.8, 4) is 0 Å². The number of aliphatic carboxylic acids is 2. The Labute approximate surface area is 206 Å². The molecule has 2 aromatic heterocycles. The molecule has 2 fully saturated rings. The molecular formula is C22H24F6N4O5. The number of aryl methyl sites for hydroxylation is 1. The molecule has 0 aliphatic carbocycles. The molecule has 4 rings (SSSR count). The second-order valence-electron chi connectivity index (χ2n) is 8.58. The number of nitrogens with zero attached hydrogens (tertiary/aromatic N) is 4. The van der Waals surface area contributed by atoms with Gasteiger partial charge in [0.15, 0.2) is 0 Å². The Morgan fingerprint density at radius 2 is 1.54 bits per heavy atom. The number of pyridine rings is 1. The van der Waals surface area contributed by atoms with Crippen LogP contribution in [0, 0.1) is 5.41 Å². The third kappa shape index (κ3) is 8.48. The van der Waals surface area contributed by atoms with Gasteiger partial charge in [-0.3, -0.25) is 14.7 Å². The molecule has 0 unspecified atom stereocenters. The van der Waals surface area contributed by atoms with Gasteiger partial charge in [0.1, 0.15) is 0 Å². The number of carbonyl (C=O) groups is 3. The predicted molar refractivity (Wildman–Crippen MR) is 115 cm³/mol. The van der Waals surface area contributed by atoms with E-state index in [2.05, 4.69) is 39.8 Å². The van der Waals surface area contributed by atoms with Crippen LogP contribution < -0.4 is 0 Å². The molecule has 2 aliphatic rings. The van der Waals surface area contributed by atoms with Gasteiger partial charge >= 0.3 is 24.3 Å². The first-order valence-corrected chi connectivity index (χ1v) is 10.7. The van der Waals surface area contributed by atoms with E-state index in [0.717, 1.165) is 39.1 Å². The van der Waals surface area contributed by atoms with Crippen molar-refractivity contribution >= 4 is 17.8 Å². The highest BCUT2D eigenvalue weighted by Crippen LogP contribution is 2.40. The molecule has 0 bridgehead atoms. The molecule has 2 N–H and O–H groups in total. The minimum absolute atomic E-state index is 0.121. The number of halogens is 6. The first-order chi connectivity index (χ1) is 17.0. The van der Waals surface area contributed by atoms with Crippen molar-refractivity contribution in [1.29, 1.82) is 0 Å². The van der Waals surface area contributed by atoms with Crippen molar-refractivity contribution in [3.63, 3.8) is 0 Å². The summed E-state index contributed by atoms with van der Waals surface area (Å²) in [6, 6.07) is 7.94. The summed E-state index contributed by atoms with van der Waals surface area (Å²) in [5, 5.41) is 14.2. The van der Waals surface area contributed by atoms with Crippen molar-refractivity contribution in [3.05, 3.63) is 54.1 Å². The van der Waals surface area contributed by atoms with E-state index < -0.39 is 24.3 Å². The summed E-state index contributed by atoms with van der Waals surface area (Å²) in [5.41, 5.74) is 2.36. The number of aromatic nitrogens is 2. The van der Waals surface area contributed by atoms with Crippen LogP contribution in [0.5, 0.6) is 0 Å². The number of likely N-dealkylation sites (tertiary alicyclic amines) is 2. The average Bonchev–Trinajstić information content (AvgIpc) is 3.40. The number of carboxylic acids is 2. The Kier molecular flexibility index (Phi) is 9.30. The van der Waals surface area contributed by atoms with Crippen LogP contribution in [-0.4, -0.2) is 85.9 Å². The fourth-order valence-corrected chi connectivity index (χ4v) is 3.94. The van der Waals surface area contributed by atoms with Crippen LogP contribution >= 0.6 is 0 Å². The van der Waals surface area contributed by atoms with Crippen LogP contribution in [0.15, 0.2) is 42.9 Å². The van der Waals surface area contributed by atoms with Gasteiger partial charge in [-0.15, -0.1) is 0 Å². The van der Waals surface area contributed by atoms with Crippen molar-refractivity contribution in [2.75, 3.05) is 26.2 Å². The van der Waals surface area contributed by atoms with Crippen molar-refractivity contribution in [2.24, 2.45) is 12.5 Å². The fraction of sp³-hybridized carbons (Fsp3) is 0.455. The molecule has 37 heavy (non-hydrogen) atoms. The Morgan fingerprint density at radius 1 is 0.973 bits per heavy atom. The average molecular weight is 538 g/mol. The zero-order valence-electron chi connectivity index (χ0n) is 19.5. The van der Waals surface area contributed by atoms with Gasteiger partial charge in [0, 0.05) is 69.5 Å². The molecule has 2 aliphatic heterocycles. The number of rotatable bonds is 3. The number of amides is 1. The molecule has 0 saturated carbocycles. The maximum Gasteiger partial charge on any atom is 0.490 e. The lowest BCUT2D eigenvalue weighted by atomic mass is 9.79. The number of carbonyl (C=O) groups excluding carboxylic acids is 1. The number of alkyl halides is 6. The molecule has 2 saturated heterocycles. The molecule has 2 aromatic rings. The summed E-state index contributed by atoms with van der Waals surface area (Å²) in [6.07, 6.45) is -3.59. The van der Waals surface area contributed by atoms with E-state index in [1.165, 1.54) is 5.69 Å². The zero-order valence-corrected chi connectivity index (χ0v) is 19.5. The van der Waals surface area contributed by atoms with Gasteiger partial charge in [0.25, 0.3) is 5.91 Å². The zero-order chi connectivity index (χ0) is 28.0. The molecule has 204 valence electrons. The van der Waals surface area contributed by atoms with Gasteiger partial charge in [-0.2, -0.15) is 26.3 Å². The molecule has 1 spiro atoms. The fourth-order valence-electron chi connectivity index (χ4n) is 3.94. The minimum atomic E-state index is -5.08. The Bertz CT molecular complexity index is 1060. The summed E-state index contributed by atoms with van der Waals surface area (Å²) in [7, 11) is 2.09. The maximum atomic E-state index is 12.5. The molecule has 0 aromatic carbocycles. The van der Waals surface area contributed by atoms with E-state index in [9.17, 15) is 31.1 Å². The first-order valence-electron chi connectivity index (χ1n) is 10.7. The quantitative estimate of drug-likeness (QED) is 0.578. The smallest absolute Gasteiger partial charge is 0.475 e. The summed E-state index contributed by atoms with van der Waals surface area (Å²) in [4.78, 5) is 38.8. The van der Waals surface area contributed by atoms with Crippen LogP contribution in [0.1, 0.15) is 22.5 Å². The molecule has 15 heteroatoms. The van der Waals surface area contributed by atoms with Crippen molar-refractivity contribution < 1.29 is 50.9 Å². The van der Waals surface area contributed by atoms with Gasteiger partial charge in [-0.1, -0.05) is 0 Å². The van der Waals surface area contributed by atoms with Gasteiger partial charge in [0.05, 0.1) is 5.56 Å². The van der Waals surface area contributed by atoms with E-state index in [0.29, 0.717) is 11.0 Å². The molecular weight excluding hydrogens is 514 g/mol. The molecule has 0 atom stereocenters. The van der Waals surface area contributed by atoms with E-state index in [1.54, 1.807) is 12.4 Å².